The number of methoxy groups -OCH3 is 1. The summed E-state index contributed by atoms with van der Waals surface area (Å²) >= 11 is 0. The van der Waals surface area contributed by atoms with Gasteiger partial charge in [-0.1, -0.05) is 12.1 Å². The van der Waals surface area contributed by atoms with Crippen LogP contribution in [0.3, 0.4) is 0 Å². The molecule has 110 valence electrons. The first-order chi connectivity index (χ1) is 10.0. The Labute approximate surface area is 118 Å². The number of amides is 1. The molecular weight excluding hydrogens is 283 g/mol. The number of nitrogens with one attached hydrogen (secondary N) is 2. The third-order valence-corrected chi connectivity index (χ3v) is 2.68. The molecule has 0 saturated carbocycles. The second-order valence-corrected chi connectivity index (χ2v) is 4.02. The van der Waals surface area contributed by atoms with Crippen LogP contribution in [0.4, 0.5) is 10.1 Å². The van der Waals surface area contributed by atoms with E-state index in [-0.39, 0.29) is 23.9 Å². The molecule has 0 aliphatic rings. The van der Waals surface area contributed by atoms with Crippen molar-refractivity contribution in [3.05, 3.63) is 51.5 Å². The van der Waals surface area contributed by atoms with Gasteiger partial charge in [0.1, 0.15) is 5.82 Å². The first-order valence-electron chi connectivity index (χ1n) is 5.82. The van der Waals surface area contributed by atoms with Crippen molar-refractivity contribution in [3.8, 4) is 5.88 Å². The molecule has 0 aliphatic carbocycles. The second-order valence-electron chi connectivity index (χ2n) is 4.02. The average Bonchev–Trinajstić information content (AvgIpc) is 2.90. The minimum Gasteiger partial charge on any atom is -0.475 e. The molecule has 0 atom stereocenters. The van der Waals surface area contributed by atoms with E-state index in [0.717, 1.165) is 0 Å². The number of nitrogens with zero attached hydrogens (tertiary/aromatic N) is 2. The quantitative estimate of drug-likeness (QED) is 0.639. The Morgan fingerprint density at radius 2 is 2.14 bits per heavy atom. The predicted octanol–water partition coefficient (Wildman–Crippen LogP) is 1.40. The lowest BCUT2D eigenvalue weighted by molar-refractivity contribution is -0.386. The Balaban J connectivity index is 2.12. The summed E-state index contributed by atoms with van der Waals surface area (Å²) in [6.45, 7) is 0.0948. The summed E-state index contributed by atoms with van der Waals surface area (Å²) in [7, 11) is 1.21. The minimum absolute atomic E-state index is 0.0948. The van der Waals surface area contributed by atoms with Crippen LogP contribution in [0.2, 0.25) is 0 Å². The van der Waals surface area contributed by atoms with Crippen LogP contribution >= 0.6 is 0 Å². The molecule has 8 nitrogen and oxygen atoms in total. The number of nitro groups is 1. The summed E-state index contributed by atoms with van der Waals surface area (Å²) in [5, 5.41) is 19.2. The molecule has 0 radical (unpaired) electrons. The zero-order valence-corrected chi connectivity index (χ0v) is 10.9. The summed E-state index contributed by atoms with van der Waals surface area (Å²) < 4.78 is 17.5. The van der Waals surface area contributed by atoms with Crippen LogP contribution < -0.4 is 10.1 Å². The fourth-order valence-electron chi connectivity index (χ4n) is 1.66. The Morgan fingerprint density at radius 3 is 2.71 bits per heavy atom. The number of aromatic amines is 1. The molecule has 0 fully saturated rings. The van der Waals surface area contributed by atoms with E-state index >= 15 is 0 Å². The van der Waals surface area contributed by atoms with Crippen molar-refractivity contribution in [2.75, 3.05) is 7.11 Å². The van der Waals surface area contributed by atoms with Gasteiger partial charge in [-0.3, -0.25) is 20.0 Å². The second kappa shape index (κ2) is 5.99. The molecule has 0 aliphatic heterocycles. The fourth-order valence-corrected chi connectivity index (χ4v) is 1.66. The number of H-pyrrole nitrogens is 1. The molecule has 1 heterocycles. The molecule has 0 bridgehead atoms. The Bertz CT molecular complexity index is 668. The third kappa shape index (κ3) is 3.14. The van der Waals surface area contributed by atoms with E-state index in [9.17, 15) is 19.3 Å². The highest BCUT2D eigenvalue weighted by atomic mass is 19.1. The normalized spacial score (nSPS) is 10.2. The largest absolute Gasteiger partial charge is 0.475 e. The van der Waals surface area contributed by atoms with Crippen molar-refractivity contribution < 1.29 is 18.8 Å². The summed E-state index contributed by atoms with van der Waals surface area (Å²) in [6.07, 6.45) is 0. The van der Waals surface area contributed by atoms with Crippen LogP contribution in [0.25, 0.3) is 0 Å². The van der Waals surface area contributed by atoms with E-state index in [1.54, 1.807) is 0 Å². The molecule has 0 spiro atoms. The summed E-state index contributed by atoms with van der Waals surface area (Å²) in [4.78, 5) is 22.1. The standard InChI is InChI=1S/C12H11FN4O4/c1-21-12-10(17(19)20)9(15-16-12)11(18)14-6-7-2-4-8(13)5-3-7/h2-5H,6H2,1H3,(H,14,18)(H,15,16). The smallest absolute Gasteiger partial charge is 0.362 e. The van der Waals surface area contributed by atoms with Crippen molar-refractivity contribution in [1.29, 1.82) is 0 Å². The van der Waals surface area contributed by atoms with Gasteiger partial charge in [-0.2, -0.15) is 0 Å². The Kier molecular flexibility index (Phi) is 4.12. The molecule has 1 aromatic heterocycles. The zero-order valence-electron chi connectivity index (χ0n) is 10.9. The lowest BCUT2D eigenvalue weighted by atomic mass is 10.2. The highest BCUT2D eigenvalue weighted by Gasteiger charge is 2.29. The fraction of sp³-hybridized carbons (Fsp3) is 0.167. The van der Waals surface area contributed by atoms with Gasteiger partial charge in [-0.05, 0) is 17.7 Å². The Hall–Kier alpha value is -2.97. The number of carbonyl (C=O) groups is 1. The van der Waals surface area contributed by atoms with Gasteiger partial charge in [0.2, 0.25) is 5.69 Å². The van der Waals surface area contributed by atoms with Gasteiger partial charge in [0, 0.05) is 6.54 Å². The van der Waals surface area contributed by atoms with Crippen molar-refractivity contribution in [2.45, 2.75) is 6.54 Å². The molecule has 2 rings (SSSR count). The maximum Gasteiger partial charge on any atom is 0.362 e. The number of hydrogen-bond acceptors (Lipinski definition) is 5. The maximum atomic E-state index is 12.7. The van der Waals surface area contributed by atoms with Gasteiger partial charge in [0.05, 0.1) is 12.0 Å². The molecule has 21 heavy (non-hydrogen) atoms. The average molecular weight is 294 g/mol. The van der Waals surface area contributed by atoms with Gasteiger partial charge >= 0.3 is 11.6 Å². The third-order valence-electron chi connectivity index (χ3n) is 2.68. The summed E-state index contributed by atoms with van der Waals surface area (Å²) in [5.74, 6) is -1.37. The monoisotopic (exact) mass is 294 g/mol. The lowest BCUT2D eigenvalue weighted by Gasteiger charge is -2.03. The van der Waals surface area contributed by atoms with E-state index in [2.05, 4.69) is 15.5 Å². The number of carbonyl (C=O) groups excluding carboxylic acids is 1. The lowest BCUT2D eigenvalue weighted by Crippen LogP contribution is -2.24. The van der Waals surface area contributed by atoms with Crippen LogP contribution in [0.1, 0.15) is 16.1 Å². The molecule has 0 saturated heterocycles. The molecule has 0 unspecified atom stereocenters. The van der Waals surface area contributed by atoms with E-state index in [1.165, 1.54) is 31.4 Å². The minimum atomic E-state index is -0.755. The number of aromatic nitrogens is 2. The van der Waals surface area contributed by atoms with E-state index in [0.29, 0.717) is 5.56 Å². The molecule has 9 heteroatoms. The highest BCUT2D eigenvalue weighted by molar-refractivity contribution is 5.97. The van der Waals surface area contributed by atoms with Gasteiger partial charge < -0.3 is 10.1 Å². The first-order valence-corrected chi connectivity index (χ1v) is 5.82. The number of hydrogen-bond donors (Lipinski definition) is 2. The zero-order chi connectivity index (χ0) is 15.4. The number of ether oxygens (including phenoxy) is 1. The maximum absolute atomic E-state index is 12.7. The van der Waals surface area contributed by atoms with Crippen molar-refractivity contribution in [2.24, 2.45) is 0 Å². The van der Waals surface area contributed by atoms with Crippen molar-refractivity contribution in [3.63, 3.8) is 0 Å². The first kappa shape index (κ1) is 14.4. The van der Waals surface area contributed by atoms with Crippen molar-refractivity contribution in [1.82, 2.24) is 15.5 Å². The van der Waals surface area contributed by atoms with E-state index in [1.807, 2.05) is 0 Å². The molecule has 2 N–H and O–H groups in total. The van der Waals surface area contributed by atoms with Crippen LogP contribution in [-0.2, 0) is 6.54 Å². The van der Waals surface area contributed by atoms with E-state index in [4.69, 9.17) is 4.74 Å². The van der Waals surface area contributed by atoms with Crippen LogP contribution in [0, 0.1) is 15.9 Å². The van der Waals surface area contributed by atoms with Gasteiger partial charge in [0.15, 0.2) is 0 Å². The van der Waals surface area contributed by atoms with Crippen LogP contribution in [0.5, 0.6) is 5.88 Å². The molecule has 2 aromatic rings. The molecular formula is C12H11FN4O4. The topological polar surface area (TPSA) is 110 Å². The van der Waals surface area contributed by atoms with Crippen molar-refractivity contribution >= 4 is 11.6 Å². The number of halogens is 1. The highest BCUT2D eigenvalue weighted by Crippen LogP contribution is 2.27. The van der Waals surface area contributed by atoms with Gasteiger partial charge in [-0.15, -0.1) is 5.10 Å². The number of benzene rings is 1. The number of rotatable bonds is 5. The van der Waals surface area contributed by atoms with Gasteiger partial charge in [0.25, 0.3) is 5.91 Å². The SMILES string of the molecule is COc1n[nH]c(C(=O)NCc2ccc(F)cc2)c1[N+](=O)[O-]. The summed E-state index contributed by atoms with van der Waals surface area (Å²) in [5.41, 5.74) is -0.188. The van der Waals surface area contributed by atoms with Crippen LogP contribution in [-0.4, -0.2) is 28.1 Å². The van der Waals surface area contributed by atoms with E-state index < -0.39 is 16.5 Å². The van der Waals surface area contributed by atoms with Gasteiger partial charge in [-0.25, -0.2) is 4.39 Å². The van der Waals surface area contributed by atoms with Crippen LogP contribution in [0.15, 0.2) is 24.3 Å². The molecule has 1 amide bonds. The molecule has 1 aromatic carbocycles. The Morgan fingerprint density at radius 1 is 1.48 bits per heavy atom. The summed E-state index contributed by atoms with van der Waals surface area (Å²) in [6, 6.07) is 5.50. The predicted molar refractivity (Wildman–Crippen MR) is 69.4 cm³/mol.